The fourth-order valence-electron chi connectivity index (χ4n) is 2.06. The van der Waals surface area contributed by atoms with Crippen LogP contribution in [0.3, 0.4) is 0 Å². The zero-order valence-corrected chi connectivity index (χ0v) is 13.0. The Bertz CT molecular complexity index is 601. The van der Waals surface area contributed by atoms with E-state index in [1.807, 2.05) is 61.5 Å². The summed E-state index contributed by atoms with van der Waals surface area (Å²) < 4.78 is 0. The van der Waals surface area contributed by atoms with Crippen LogP contribution in [0.5, 0.6) is 0 Å². The van der Waals surface area contributed by atoms with Gasteiger partial charge >= 0.3 is 0 Å². The summed E-state index contributed by atoms with van der Waals surface area (Å²) in [5, 5.41) is 3.81. The highest BCUT2D eigenvalue weighted by Crippen LogP contribution is 2.21. The predicted octanol–water partition coefficient (Wildman–Crippen LogP) is 3.97. The van der Waals surface area contributed by atoms with Crippen LogP contribution in [-0.2, 0) is 4.79 Å². The van der Waals surface area contributed by atoms with Crippen molar-refractivity contribution in [1.29, 1.82) is 0 Å². The van der Waals surface area contributed by atoms with Crippen LogP contribution in [0, 0.1) is 0 Å². The van der Waals surface area contributed by atoms with Crippen molar-refractivity contribution in [3.63, 3.8) is 0 Å². The average Bonchev–Trinajstić information content (AvgIpc) is 2.52. The Kier molecular flexibility index (Phi) is 5.23. The van der Waals surface area contributed by atoms with E-state index in [1.165, 1.54) is 0 Å². The molecule has 0 saturated carbocycles. The molecule has 1 unspecified atom stereocenters. The van der Waals surface area contributed by atoms with E-state index < -0.39 is 0 Å². The first kappa shape index (κ1) is 15.4. The summed E-state index contributed by atoms with van der Waals surface area (Å²) in [4.78, 5) is 14.0. The lowest BCUT2D eigenvalue weighted by molar-refractivity contribution is -0.129. The maximum atomic E-state index is 12.2. The smallest absolute Gasteiger partial charge is 0.242 e. The SMILES string of the molecule is CC(c1cccc(Cl)c1)N(C)C(=O)CNc1ccccc1. The van der Waals surface area contributed by atoms with Crippen molar-refractivity contribution in [1.82, 2.24) is 4.90 Å². The second kappa shape index (κ2) is 7.14. The molecule has 0 radical (unpaired) electrons. The van der Waals surface area contributed by atoms with Crippen molar-refractivity contribution in [2.75, 3.05) is 18.9 Å². The van der Waals surface area contributed by atoms with Crippen LogP contribution in [0.15, 0.2) is 54.6 Å². The summed E-state index contributed by atoms with van der Waals surface area (Å²) in [5.41, 5.74) is 1.97. The van der Waals surface area contributed by atoms with E-state index in [9.17, 15) is 4.79 Å². The van der Waals surface area contributed by atoms with Crippen LogP contribution < -0.4 is 5.32 Å². The third kappa shape index (κ3) is 4.23. The molecule has 0 fully saturated rings. The lowest BCUT2D eigenvalue weighted by atomic mass is 10.1. The molecule has 0 aliphatic carbocycles. The molecule has 0 aliphatic rings. The van der Waals surface area contributed by atoms with Gasteiger partial charge in [-0.05, 0) is 36.8 Å². The van der Waals surface area contributed by atoms with Crippen molar-refractivity contribution in [3.8, 4) is 0 Å². The number of carbonyl (C=O) groups is 1. The molecule has 2 aromatic carbocycles. The van der Waals surface area contributed by atoms with E-state index in [1.54, 1.807) is 11.9 Å². The van der Waals surface area contributed by atoms with Gasteiger partial charge in [-0.25, -0.2) is 0 Å². The molecule has 0 saturated heterocycles. The predicted molar refractivity (Wildman–Crippen MR) is 87.6 cm³/mol. The number of para-hydroxylation sites is 1. The first-order valence-electron chi connectivity index (χ1n) is 6.88. The van der Waals surface area contributed by atoms with Gasteiger partial charge in [-0.1, -0.05) is 41.9 Å². The molecule has 110 valence electrons. The van der Waals surface area contributed by atoms with Crippen LogP contribution in [0.2, 0.25) is 5.02 Å². The summed E-state index contributed by atoms with van der Waals surface area (Å²) in [6, 6.07) is 17.3. The quantitative estimate of drug-likeness (QED) is 0.906. The topological polar surface area (TPSA) is 32.3 Å². The maximum Gasteiger partial charge on any atom is 0.242 e. The Morgan fingerprint density at radius 1 is 1.19 bits per heavy atom. The van der Waals surface area contributed by atoms with Crippen molar-refractivity contribution in [2.24, 2.45) is 0 Å². The van der Waals surface area contributed by atoms with Gasteiger partial charge in [-0.15, -0.1) is 0 Å². The number of likely N-dealkylation sites (N-methyl/N-ethyl adjacent to an activating group) is 1. The molecule has 3 nitrogen and oxygen atoms in total. The second-order valence-corrected chi connectivity index (χ2v) is 5.39. The van der Waals surface area contributed by atoms with Crippen LogP contribution in [0.1, 0.15) is 18.5 Å². The number of hydrogen-bond donors (Lipinski definition) is 1. The number of rotatable bonds is 5. The molecule has 0 bridgehead atoms. The number of anilines is 1. The van der Waals surface area contributed by atoms with Crippen molar-refractivity contribution < 1.29 is 4.79 Å². The third-order valence-corrected chi connectivity index (χ3v) is 3.76. The van der Waals surface area contributed by atoms with Gasteiger partial charge in [0.05, 0.1) is 12.6 Å². The van der Waals surface area contributed by atoms with E-state index in [2.05, 4.69) is 5.32 Å². The highest BCUT2D eigenvalue weighted by molar-refractivity contribution is 6.30. The maximum absolute atomic E-state index is 12.2. The molecular formula is C17H19ClN2O. The molecule has 1 amide bonds. The van der Waals surface area contributed by atoms with E-state index in [4.69, 9.17) is 11.6 Å². The van der Waals surface area contributed by atoms with Crippen LogP contribution in [0.25, 0.3) is 0 Å². The average molecular weight is 303 g/mol. The molecule has 4 heteroatoms. The summed E-state index contributed by atoms with van der Waals surface area (Å²) in [6.45, 7) is 2.26. The van der Waals surface area contributed by atoms with Gasteiger partial charge in [0.15, 0.2) is 0 Å². The van der Waals surface area contributed by atoms with Crippen LogP contribution in [0.4, 0.5) is 5.69 Å². The van der Waals surface area contributed by atoms with Gasteiger partial charge in [0.2, 0.25) is 5.91 Å². The molecular weight excluding hydrogens is 284 g/mol. The Balaban J connectivity index is 1.95. The van der Waals surface area contributed by atoms with Crippen molar-refractivity contribution in [3.05, 3.63) is 65.2 Å². The van der Waals surface area contributed by atoms with Gasteiger partial charge in [-0.3, -0.25) is 4.79 Å². The third-order valence-electron chi connectivity index (χ3n) is 3.52. The number of halogens is 1. The number of hydrogen-bond acceptors (Lipinski definition) is 2. The molecule has 0 aromatic heterocycles. The lowest BCUT2D eigenvalue weighted by Crippen LogP contribution is -2.34. The Morgan fingerprint density at radius 3 is 2.57 bits per heavy atom. The number of benzene rings is 2. The Labute approximate surface area is 130 Å². The zero-order chi connectivity index (χ0) is 15.2. The minimum Gasteiger partial charge on any atom is -0.376 e. The van der Waals surface area contributed by atoms with Crippen LogP contribution in [-0.4, -0.2) is 24.4 Å². The van der Waals surface area contributed by atoms with Gasteiger partial charge in [0.1, 0.15) is 0 Å². The molecule has 1 N–H and O–H groups in total. The van der Waals surface area contributed by atoms with Gasteiger partial charge in [0, 0.05) is 17.8 Å². The summed E-state index contributed by atoms with van der Waals surface area (Å²) in [5.74, 6) is 0.0336. The van der Waals surface area contributed by atoms with Crippen molar-refractivity contribution >= 4 is 23.2 Å². The standard InChI is InChI=1S/C17H19ClN2O/c1-13(14-7-6-8-15(18)11-14)20(2)17(21)12-19-16-9-4-3-5-10-16/h3-11,13,19H,12H2,1-2H3. The molecule has 21 heavy (non-hydrogen) atoms. The second-order valence-electron chi connectivity index (χ2n) is 4.96. The van der Waals surface area contributed by atoms with E-state index in [0.717, 1.165) is 11.3 Å². The highest BCUT2D eigenvalue weighted by Gasteiger charge is 2.17. The lowest BCUT2D eigenvalue weighted by Gasteiger charge is -2.26. The van der Waals surface area contributed by atoms with Gasteiger partial charge < -0.3 is 10.2 Å². The summed E-state index contributed by atoms with van der Waals surface area (Å²) >= 11 is 6.00. The number of nitrogens with one attached hydrogen (secondary N) is 1. The van der Waals surface area contributed by atoms with E-state index in [0.29, 0.717) is 5.02 Å². The number of carbonyl (C=O) groups excluding carboxylic acids is 1. The monoisotopic (exact) mass is 302 g/mol. The molecule has 0 heterocycles. The summed E-state index contributed by atoms with van der Waals surface area (Å²) in [7, 11) is 1.81. The van der Waals surface area contributed by atoms with Gasteiger partial charge in [-0.2, -0.15) is 0 Å². The van der Waals surface area contributed by atoms with Crippen LogP contribution >= 0.6 is 11.6 Å². The normalized spacial score (nSPS) is 11.8. The zero-order valence-electron chi connectivity index (χ0n) is 12.2. The summed E-state index contributed by atoms with van der Waals surface area (Å²) in [6.07, 6.45) is 0. The van der Waals surface area contributed by atoms with E-state index >= 15 is 0 Å². The van der Waals surface area contributed by atoms with E-state index in [-0.39, 0.29) is 18.5 Å². The number of amides is 1. The highest BCUT2D eigenvalue weighted by atomic mass is 35.5. The first-order chi connectivity index (χ1) is 10.1. The molecule has 0 spiro atoms. The molecule has 2 rings (SSSR count). The minimum absolute atomic E-state index is 0.0197. The van der Waals surface area contributed by atoms with Gasteiger partial charge in [0.25, 0.3) is 0 Å². The molecule has 1 atom stereocenters. The Morgan fingerprint density at radius 2 is 1.90 bits per heavy atom. The molecule has 2 aromatic rings. The minimum atomic E-state index is -0.0197. The largest absolute Gasteiger partial charge is 0.376 e. The fourth-order valence-corrected chi connectivity index (χ4v) is 2.26. The Hall–Kier alpha value is -2.00. The van der Waals surface area contributed by atoms with Crippen molar-refractivity contribution in [2.45, 2.75) is 13.0 Å². The fraction of sp³-hybridized carbons (Fsp3) is 0.235. The molecule has 0 aliphatic heterocycles. The number of nitrogens with zero attached hydrogens (tertiary/aromatic N) is 1. The first-order valence-corrected chi connectivity index (χ1v) is 7.26.